The summed E-state index contributed by atoms with van der Waals surface area (Å²) in [5, 5.41) is 8.25. The quantitative estimate of drug-likeness (QED) is 0.599. The van der Waals surface area contributed by atoms with Gasteiger partial charge in [0.05, 0.1) is 6.07 Å². The van der Waals surface area contributed by atoms with E-state index in [1.807, 2.05) is 19.9 Å². The summed E-state index contributed by atoms with van der Waals surface area (Å²) < 4.78 is 0. The minimum absolute atomic E-state index is 0.155. The SMILES string of the molecule is CC(=O)C(C)(C)CCC#N. The number of rotatable bonds is 3. The monoisotopic (exact) mass is 139 g/mol. The number of hydrogen-bond donors (Lipinski definition) is 0. The van der Waals surface area contributed by atoms with Crippen molar-refractivity contribution >= 4 is 5.78 Å². The van der Waals surface area contributed by atoms with Crippen LogP contribution >= 0.6 is 0 Å². The van der Waals surface area contributed by atoms with Crippen LogP contribution in [0.4, 0.5) is 0 Å². The van der Waals surface area contributed by atoms with E-state index in [0.29, 0.717) is 12.8 Å². The van der Waals surface area contributed by atoms with Crippen LogP contribution in [0, 0.1) is 16.7 Å². The summed E-state index contributed by atoms with van der Waals surface area (Å²) in [5.74, 6) is 0.155. The molecule has 0 amide bonds. The van der Waals surface area contributed by atoms with E-state index in [9.17, 15) is 4.79 Å². The van der Waals surface area contributed by atoms with Gasteiger partial charge in [-0.05, 0) is 13.3 Å². The topological polar surface area (TPSA) is 40.9 Å². The van der Waals surface area contributed by atoms with E-state index in [2.05, 4.69) is 0 Å². The van der Waals surface area contributed by atoms with Crippen LogP contribution in [0.15, 0.2) is 0 Å². The van der Waals surface area contributed by atoms with E-state index < -0.39 is 0 Å². The van der Waals surface area contributed by atoms with Gasteiger partial charge in [-0.3, -0.25) is 4.79 Å². The van der Waals surface area contributed by atoms with Crippen molar-refractivity contribution in [1.82, 2.24) is 0 Å². The fraction of sp³-hybridized carbons (Fsp3) is 0.750. The van der Waals surface area contributed by atoms with E-state index in [-0.39, 0.29) is 11.2 Å². The average Bonchev–Trinajstić information content (AvgIpc) is 1.84. The zero-order valence-electron chi connectivity index (χ0n) is 6.77. The molecular formula is C8H13NO. The molecule has 0 saturated carbocycles. The van der Waals surface area contributed by atoms with E-state index in [0.717, 1.165) is 0 Å². The molecule has 2 nitrogen and oxygen atoms in total. The molecular weight excluding hydrogens is 126 g/mol. The van der Waals surface area contributed by atoms with Crippen LogP contribution in [0.1, 0.15) is 33.6 Å². The molecule has 2 heteroatoms. The summed E-state index contributed by atoms with van der Waals surface area (Å²) in [5.41, 5.74) is -0.310. The molecule has 0 fully saturated rings. The van der Waals surface area contributed by atoms with Gasteiger partial charge in [-0.25, -0.2) is 0 Å². The zero-order valence-corrected chi connectivity index (χ0v) is 6.77. The highest BCUT2D eigenvalue weighted by Gasteiger charge is 2.22. The lowest BCUT2D eigenvalue weighted by Gasteiger charge is -2.18. The standard InChI is InChI=1S/C8H13NO/c1-7(10)8(2,3)5-4-6-9/h4-5H2,1-3H3. The third-order valence-corrected chi connectivity index (χ3v) is 1.81. The zero-order chi connectivity index (χ0) is 8.20. The number of Topliss-reactive ketones (excluding diaryl/α,β-unsaturated/α-hetero) is 1. The minimum atomic E-state index is -0.310. The van der Waals surface area contributed by atoms with Gasteiger partial charge in [0.1, 0.15) is 5.78 Å². The second-order valence-electron chi connectivity index (χ2n) is 3.10. The third-order valence-electron chi connectivity index (χ3n) is 1.81. The summed E-state index contributed by atoms with van der Waals surface area (Å²) in [6.07, 6.45) is 1.13. The Hall–Kier alpha value is -0.840. The van der Waals surface area contributed by atoms with Crippen molar-refractivity contribution in [3.63, 3.8) is 0 Å². The van der Waals surface area contributed by atoms with E-state index in [4.69, 9.17) is 5.26 Å². The van der Waals surface area contributed by atoms with E-state index >= 15 is 0 Å². The third kappa shape index (κ3) is 2.63. The molecule has 0 aromatic heterocycles. The smallest absolute Gasteiger partial charge is 0.135 e. The van der Waals surface area contributed by atoms with E-state index in [1.54, 1.807) is 6.92 Å². The van der Waals surface area contributed by atoms with Gasteiger partial charge < -0.3 is 0 Å². The fourth-order valence-corrected chi connectivity index (χ4v) is 0.544. The summed E-state index contributed by atoms with van der Waals surface area (Å²) >= 11 is 0. The maximum Gasteiger partial charge on any atom is 0.135 e. The Morgan fingerprint density at radius 2 is 2.10 bits per heavy atom. The largest absolute Gasteiger partial charge is 0.299 e. The van der Waals surface area contributed by atoms with Gasteiger partial charge in [0.2, 0.25) is 0 Å². The van der Waals surface area contributed by atoms with Crippen LogP contribution in [0.2, 0.25) is 0 Å². The van der Waals surface area contributed by atoms with Gasteiger partial charge in [-0.1, -0.05) is 13.8 Å². The second-order valence-corrected chi connectivity index (χ2v) is 3.10. The van der Waals surface area contributed by atoms with Crippen molar-refractivity contribution in [2.75, 3.05) is 0 Å². The average molecular weight is 139 g/mol. The van der Waals surface area contributed by atoms with Gasteiger partial charge in [0, 0.05) is 11.8 Å². The van der Waals surface area contributed by atoms with Crippen molar-refractivity contribution < 1.29 is 4.79 Å². The molecule has 10 heavy (non-hydrogen) atoms. The minimum Gasteiger partial charge on any atom is -0.299 e. The predicted octanol–water partition coefficient (Wildman–Crippen LogP) is 1.91. The lowest BCUT2D eigenvalue weighted by molar-refractivity contribution is -0.125. The molecule has 0 unspecified atom stereocenters. The number of hydrogen-bond acceptors (Lipinski definition) is 2. The van der Waals surface area contributed by atoms with Crippen LogP contribution in [-0.4, -0.2) is 5.78 Å². The molecule has 56 valence electrons. The summed E-state index contributed by atoms with van der Waals surface area (Å²) in [4.78, 5) is 10.9. The van der Waals surface area contributed by atoms with Crippen molar-refractivity contribution in [2.45, 2.75) is 33.6 Å². The molecule has 0 aliphatic carbocycles. The van der Waals surface area contributed by atoms with E-state index in [1.165, 1.54) is 0 Å². The Morgan fingerprint density at radius 1 is 1.60 bits per heavy atom. The highest BCUT2D eigenvalue weighted by Crippen LogP contribution is 2.22. The van der Waals surface area contributed by atoms with Crippen molar-refractivity contribution in [2.24, 2.45) is 5.41 Å². The highest BCUT2D eigenvalue weighted by molar-refractivity contribution is 5.81. The van der Waals surface area contributed by atoms with Crippen molar-refractivity contribution in [3.8, 4) is 6.07 Å². The Labute approximate surface area is 61.8 Å². The summed E-state index contributed by atoms with van der Waals surface area (Å²) in [7, 11) is 0. The van der Waals surface area contributed by atoms with Gasteiger partial charge in [-0.2, -0.15) is 5.26 Å². The Kier molecular flexibility index (Phi) is 3.08. The molecule has 0 aromatic rings. The molecule has 0 aliphatic rings. The van der Waals surface area contributed by atoms with Crippen LogP contribution < -0.4 is 0 Å². The molecule has 0 aliphatic heterocycles. The molecule has 0 heterocycles. The van der Waals surface area contributed by atoms with Gasteiger partial charge in [0.25, 0.3) is 0 Å². The first-order chi connectivity index (χ1) is 4.50. The van der Waals surface area contributed by atoms with Gasteiger partial charge >= 0.3 is 0 Å². The summed E-state index contributed by atoms with van der Waals surface area (Å²) in [6, 6.07) is 2.03. The van der Waals surface area contributed by atoms with Crippen LogP contribution in [0.3, 0.4) is 0 Å². The number of nitriles is 1. The maximum atomic E-state index is 10.9. The lowest BCUT2D eigenvalue weighted by atomic mass is 9.84. The Morgan fingerprint density at radius 3 is 2.40 bits per heavy atom. The fourth-order valence-electron chi connectivity index (χ4n) is 0.544. The van der Waals surface area contributed by atoms with Crippen molar-refractivity contribution in [1.29, 1.82) is 5.26 Å². The molecule has 0 rings (SSSR count). The first kappa shape index (κ1) is 9.16. The number of carbonyl (C=O) groups is 1. The van der Waals surface area contributed by atoms with Gasteiger partial charge in [0.15, 0.2) is 0 Å². The van der Waals surface area contributed by atoms with Crippen molar-refractivity contribution in [3.05, 3.63) is 0 Å². The predicted molar refractivity (Wildman–Crippen MR) is 39.3 cm³/mol. The van der Waals surface area contributed by atoms with Crippen LogP contribution in [-0.2, 0) is 4.79 Å². The van der Waals surface area contributed by atoms with Crippen LogP contribution in [0.5, 0.6) is 0 Å². The molecule has 0 aromatic carbocycles. The maximum absolute atomic E-state index is 10.9. The number of carbonyl (C=O) groups excluding carboxylic acids is 1. The number of nitrogens with zero attached hydrogens (tertiary/aromatic N) is 1. The number of ketones is 1. The second kappa shape index (κ2) is 3.36. The molecule has 0 atom stereocenters. The molecule has 0 radical (unpaired) electrons. The molecule has 0 spiro atoms. The Balaban J connectivity index is 3.90. The molecule has 0 N–H and O–H groups in total. The molecule has 0 saturated heterocycles. The normalized spacial score (nSPS) is 10.6. The summed E-state index contributed by atoms with van der Waals surface area (Å²) in [6.45, 7) is 5.30. The highest BCUT2D eigenvalue weighted by atomic mass is 16.1. The lowest BCUT2D eigenvalue weighted by Crippen LogP contribution is -2.20. The first-order valence-electron chi connectivity index (χ1n) is 3.38. The molecule has 0 bridgehead atoms. The van der Waals surface area contributed by atoms with Crippen LogP contribution in [0.25, 0.3) is 0 Å². The van der Waals surface area contributed by atoms with Gasteiger partial charge in [-0.15, -0.1) is 0 Å². The Bertz CT molecular complexity index is 165. The first-order valence-corrected chi connectivity index (χ1v) is 3.38.